The Balaban J connectivity index is 2.31. The lowest BCUT2D eigenvalue weighted by Crippen LogP contribution is -2.44. The Labute approximate surface area is 108 Å². The molecule has 0 bridgehead atoms. The summed E-state index contributed by atoms with van der Waals surface area (Å²) < 4.78 is 0. The lowest BCUT2D eigenvalue weighted by atomic mass is 9.92. The van der Waals surface area contributed by atoms with E-state index in [1.165, 1.54) is 0 Å². The molecule has 1 aromatic heterocycles. The average Bonchev–Trinajstić information content (AvgIpc) is 2.35. The van der Waals surface area contributed by atoms with E-state index < -0.39 is 5.60 Å². The van der Waals surface area contributed by atoms with E-state index in [9.17, 15) is 9.90 Å². The molecule has 0 aromatic carbocycles. The molecular weight excluding hydrogens is 228 g/mol. The van der Waals surface area contributed by atoms with Crippen LogP contribution in [-0.4, -0.2) is 28.1 Å². The Kier molecular flexibility index (Phi) is 5.28. The Morgan fingerprint density at radius 2 is 2.28 bits per heavy atom. The van der Waals surface area contributed by atoms with Gasteiger partial charge in [-0.1, -0.05) is 19.9 Å². The number of amides is 1. The van der Waals surface area contributed by atoms with Gasteiger partial charge in [0.25, 0.3) is 0 Å². The predicted molar refractivity (Wildman–Crippen MR) is 71.0 cm³/mol. The highest BCUT2D eigenvalue weighted by Crippen LogP contribution is 2.14. The van der Waals surface area contributed by atoms with Crippen molar-refractivity contribution in [3.05, 3.63) is 30.1 Å². The molecule has 0 radical (unpaired) electrons. The molecule has 4 nitrogen and oxygen atoms in total. The first-order valence-electron chi connectivity index (χ1n) is 6.30. The molecular formula is C14H22N2O2. The highest BCUT2D eigenvalue weighted by molar-refractivity contribution is 5.76. The number of aliphatic hydroxyl groups is 1. The zero-order chi connectivity index (χ0) is 13.6. The molecule has 0 saturated heterocycles. The first kappa shape index (κ1) is 14.6. The van der Waals surface area contributed by atoms with Crippen molar-refractivity contribution in [3.63, 3.8) is 0 Å². The maximum Gasteiger partial charge on any atom is 0.220 e. The molecule has 0 aliphatic carbocycles. The van der Waals surface area contributed by atoms with Crippen molar-refractivity contribution < 1.29 is 9.90 Å². The third-order valence-corrected chi connectivity index (χ3v) is 3.25. The molecule has 1 aromatic rings. The number of rotatable bonds is 6. The van der Waals surface area contributed by atoms with Gasteiger partial charge in [-0.15, -0.1) is 0 Å². The number of hydrogen-bond donors (Lipinski definition) is 2. The number of aromatic nitrogens is 1. The van der Waals surface area contributed by atoms with Crippen molar-refractivity contribution in [2.45, 2.75) is 39.2 Å². The Morgan fingerprint density at radius 1 is 1.56 bits per heavy atom. The van der Waals surface area contributed by atoms with E-state index in [0.717, 1.165) is 5.56 Å². The maximum atomic E-state index is 11.6. The van der Waals surface area contributed by atoms with E-state index in [1.54, 1.807) is 19.3 Å². The third kappa shape index (κ3) is 4.84. The first-order valence-corrected chi connectivity index (χ1v) is 6.30. The molecule has 1 amide bonds. The van der Waals surface area contributed by atoms with Crippen LogP contribution >= 0.6 is 0 Å². The van der Waals surface area contributed by atoms with Crippen LogP contribution in [0.5, 0.6) is 0 Å². The van der Waals surface area contributed by atoms with Gasteiger partial charge in [0.2, 0.25) is 5.91 Å². The van der Waals surface area contributed by atoms with Gasteiger partial charge < -0.3 is 10.4 Å². The minimum Gasteiger partial charge on any atom is -0.388 e. The minimum absolute atomic E-state index is 0.0419. The van der Waals surface area contributed by atoms with Gasteiger partial charge >= 0.3 is 0 Å². The fourth-order valence-electron chi connectivity index (χ4n) is 1.37. The molecule has 2 N–H and O–H groups in total. The first-order chi connectivity index (χ1) is 8.42. The highest BCUT2D eigenvalue weighted by atomic mass is 16.3. The van der Waals surface area contributed by atoms with E-state index in [-0.39, 0.29) is 18.4 Å². The van der Waals surface area contributed by atoms with Crippen LogP contribution in [0, 0.1) is 5.92 Å². The summed E-state index contributed by atoms with van der Waals surface area (Å²) in [5.41, 5.74) is 0.188. The normalized spacial score (nSPS) is 14.3. The van der Waals surface area contributed by atoms with Crippen molar-refractivity contribution in [1.82, 2.24) is 10.3 Å². The Morgan fingerprint density at radius 3 is 2.83 bits per heavy atom. The zero-order valence-electron chi connectivity index (χ0n) is 11.3. The van der Waals surface area contributed by atoms with Crippen molar-refractivity contribution in [1.29, 1.82) is 0 Å². The second-order valence-corrected chi connectivity index (χ2v) is 5.15. The number of carbonyl (C=O) groups is 1. The van der Waals surface area contributed by atoms with Crippen LogP contribution in [0.3, 0.4) is 0 Å². The van der Waals surface area contributed by atoms with Crippen LogP contribution in [0.4, 0.5) is 0 Å². The number of nitrogens with zero attached hydrogens (tertiary/aromatic N) is 1. The van der Waals surface area contributed by atoms with E-state index in [0.29, 0.717) is 12.8 Å². The van der Waals surface area contributed by atoms with Crippen LogP contribution in [0.15, 0.2) is 24.5 Å². The molecule has 4 heteroatoms. The number of aryl methyl sites for hydroxylation is 1. The lowest BCUT2D eigenvalue weighted by molar-refractivity contribution is -0.122. The van der Waals surface area contributed by atoms with E-state index in [1.807, 2.05) is 26.0 Å². The van der Waals surface area contributed by atoms with Crippen molar-refractivity contribution in [2.75, 3.05) is 6.54 Å². The summed E-state index contributed by atoms with van der Waals surface area (Å²) in [4.78, 5) is 15.6. The highest BCUT2D eigenvalue weighted by Gasteiger charge is 2.25. The van der Waals surface area contributed by atoms with Crippen LogP contribution in [0.1, 0.15) is 32.8 Å². The van der Waals surface area contributed by atoms with Gasteiger partial charge in [-0.25, -0.2) is 0 Å². The van der Waals surface area contributed by atoms with Gasteiger partial charge in [-0.2, -0.15) is 0 Å². The van der Waals surface area contributed by atoms with Gasteiger partial charge in [0.05, 0.1) is 5.60 Å². The zero-order valence-corrected chi connectivity index (χ0v) is 11.3. The van der Waals surface area contributed by atoms with Gasteiger partial charge in [-0.3, -0.25) is 9.78 Å². The topological polar surface area (TPSA) is 62.2 Å². The second kappa shape index (κ2) is 6.50. The Hall–Kier alpha value is -1.42. The number of nitrogens with one attached hydrogen (secondary N) is 1. The lowest BCUT2D eigenvalue weighted by Gasteiger charge is -2.27. The third-order valence-electron chi connectivity index (χ3n) is 3.25. The van der Waals surface area contributed by atoms with Gasteiger partial charge in [-0.05, 0) is 30.9 Å². The maximum absolute atomic E-state index is 11.6. The molecule has 0 spiro atoms. The summed E-state index contributed by atoms with van der Waals surface area (Å²) in [6.07, 6.45) is 4.56. The standard InChI is InChI=1S/C14H22N2O2/c1-11(2)14(3,18)10-16-13(17)7-6-12-5-4-8-15-9-12/h4-5,8-9,11,18H,6-7,10H2,1-3H3,(H,16,17). The van der Waals surface area contributed by atoms with Crippen LogP contribution in [0.2, 0.25) is 0 Å². The molecule has 18 heavy (non-hydrogen) atoms. The summed E-state index contributed by atoms with van der Waals surface area (Å²) in [5.74, 6) is 0.0656. The number of pyridine rings is 1. The van der Waals surface area contributed by atoms with Gasteiger partial charge in [0, 0.05) is 25.4 Å². The van der Waals surface area contributed by atoms with Crippen LogP contribution in [0.25, 0.3) is 0 Å². The molecule has 1 atom stereocenters. The molecule has 0 fully saturated rings. The molecule has 1 unspecified atom stereocenters. The molecule has 1 heterocycles. The fourth-order valence-corrected chi connectivity index (χ4v) is 1.37. The number of hydrogen-bond acceptors (Lipinski definition) is 3. The summed E-state index contributed by atoms with van der Waals surface area (Å²) in [6.45, 7) is 5.89. The molecule has 100 valence electrons. The van der Waals surface area contributed by atoms with Gasteiger partial charge in [0.1, 0.15) is 0 Å². The monoisotopic (exact) mass is 250 g/mol. The van der Waals surface area contributed by atoms with Crippen LogP contribution in [-0.2, 0) is 11.2 Å². The summed E-state index contributed by atoms with van der Waals surface area (Å²) >= 11 is 0. The van der Waals surface area contributed by atoms with Crippen LogP contribution < -0.4 is 5.32 Å². The van der Waals surface area contributed by atoms with Crippen molar-refractivity contribution in [2.24, 2.45) is 5.92 Å². The smallest absolute Gasteiger partial charge is 0.220 e. The SMILES string of the molecule is CC(C)C(C)(O)CNC(=O)CCc1cccnc1. The number of carbonyl (C=O) groups excluding carboxylic acids is 1. The molecule has 1 rings (SSSR count). The fraction of sp³-hybridized carbons (Fsp3) is 0.571. The minimum atomic E-state index is -0.857. The van der Waals surface area contributed by atoms with E-state index in [4.69, 9.17) is 0 Å². The van der Waals surface area contributed by atoms with E-state index in [2.05, 4.69) is 10.3 Å². The van der Waals surface area contributed by atoms with Crippen molar-refractivity contribution in [3.8, 4) is 0 Å². The molecule has 0 aliphatic heterocycles. The van der Waals surface area contributed by atoms with Crippen molar-refractivity contribution >= 4 is 5.91 Å². The Bertz CT molecular complexity index is 375. The quantitative estimate of drug-likeness (QED) is 0.805. The molecule has 0 saturated carbocycles. The average molecular weight is 250 g/mol. The second-order valence-electron chi connectivity index (χ2n) is 5.15. The summed E-state index contributed by atoms with van der Waals surface area (Å²) in [5, 5.41) is 12.8. The summed E-state index contributed by atoms with van der Waals surface area (Å²) in [7, 11) is 0. The van der Waals surface area contributed by atoms with E-state index >= 15 is 0 Å². The predicted octanol–water partition coefficient (Wildman–Crippen LogP) is 1.54. The summed E-state index contributed by atoms with van der Waals surface area (Å²) in [6, 6.07) is 3.81. The molecule has 0 aliphatic rings. The largest absolute Gasteiger partial charge is 0.388 e. The van der Waals surface area contributed by atoms with Gasteiger partial charge in [0.15, 0.2) is 0 Å².